The van der Waals surface area contributed by atoms with E-state index >= 15 is 0 Å². The van der Waals surface area contributed by atoms with Gasteiger partial charge in [-0.15, -0.1) is 0 Å². The van der Waals surface area contributed by atoms with E-state index in [9.17, 15) is 22.0 Å². The van der Waals surface area contributed by atoms with Crippen molar-refractivity contribution in [2.45, 2.75) is 29.8 Å². The highest BCUT2D eigenvalue weighted by atomic mass is 32.2. The van der Waals surface area contributed by atoms with Crippen LogP contribution in [-0.4, -0.2) is 45.2 Å². The number of benzene rings is 1. The molecule has 23 heavy (non-hydrogen) atoms. The molecule has 0 amide bonds. The zero-order chi connectivity index (χ0) is 17.3. The van der Waals surface area contributed by atoms with E-state index in [1.165, 1.54) is 25.3 Å². The van der Waals surface area contributed by atoms with E-state index in [2.05, 4.69) is 4.72 Å². The highest BCUT2D eigenvalue weighted by Crippen LogP contribution is 2.44. The number of hydrogen-bond acceptors (Lipinski definition) is 4. The van der Waals surface area contributed by atoms with E-state index in [0.717, 1.165) is 6.07 Å². The topological polar surface area (TPSA) is 92.7 Å². The maximum Gasteiger partial charge on any atom is 0.335 e. The minimum atomic E-state index is -3.95. The summed E-state index contributed by atoms with van der Waals surface area (Å²) in [5.41, 5.74) is -0.158. The molecule has 1 saturated carbocycles. The first-order valence-electron chi connectivity index (χ1n) is 6.88. The quantitative estimate of drug-likeness (QED) is 0.782. The van der Waals surface area contributed by atoms with Gasteiger partial charge in [0.15, 0.2) is 0 Å². The van der Waals surface area contributed by atoms with Crippen molar-refractivity contribution in [3.63, 3.8) is 0 Å². The highest BCUT2D eigenvalue weighted by molar-refractivity contribution is 7.89. The number of sulfonamides is 1. The van der Waals surface area contributed by atoms with Gasteiger partial charge in [0.2, 0.25) is 15.9 Å². The molecule has 2 N–H and O–H groups in total. The Hall–Kier alpha value is -1.58. The molecule has 1 aliphatic carbocycles. The molecule has 1 fully saturated rings. The van der Waals surface area contributed by atoms with Crippen LogP contribution in [0.4, 0.5) is 8.78 Å². The Kier molecular flexibility index (Phi) is 5.02. The molecule has 0 aliphatic heterocycles. The number of carboxylic acid groups (broad SMARTS) is 1. The van der Waals surface area contributed by atoms with Crippen molar-refractivity contribution in [1.82, 2.24) is 4.72 Å². The van der Waals surface area contributed by atoms with E-state index in [0.29, 0.717) is 0 Å². The average Bonchev–Trinajstić information content (AvgIpc) is 2.46. The third kappa shape index (κ3) is 4.24. The van der Waals surface area contributed by atoms with Gasteiger partial charge in [0.25, 0.3) is 0 Å². The number of methoxy groups -OCH3 is 1. The number of hydrogen-bond donors (Lipinski definition) is 2. The van der Waals surface area contributed by atoms with Gasteiger partial charge in [-0.1, -0.05) is 6.07 Å². The van der Waals surface area contributed by atoms with Gasteiger partial charge >= 0.3 is 5.97 Å². The number of carbonyl (C=O) groups is 1. The van der Waals surface area contributed by atoms with Gasteiger partial charge in [-0.25, -0.2) is 26.7 Å². The number of aromatic carboxylic acids is 1. The zero-order valence-corrected chi connectivity index (χ0v) is 13.1. The minimum absolute atomic E-state index is 0.156. The van der Waals surface area contributed by atoms with Crippen molar-refractivity contribution in [2.24, 2.45) is 5.92 Å². The second kappa shape index (κ2) is 6.50. The van der Waals surface area contributed by atoms with E-state index in [-0.39, 0.29) is 29.8 Å². The molecule has 0 heterocycles. The molecule has 1 aromatic carbocycles. The molecule has 1 aromatic rings. The van der Waals surface area contributed by atoms with E-state index < -0.39 is 33.9 Å². The summed E-state index contributed by atoms with van der Waals surface area (Å²) in [6.45, 7) is -0.156. The van der Waals surface area contributed by atoms with Gasteiger partial charge in [-0.05, 0) is 24.1 Å². The fourth-order valence-corrected chi connectivity index (χ4v) is 3.57. The predicted octanol–water partition coefficient (Wildman–Crippen LogP) is 1.72. The van der Waals surface area contributed by atoms with E-state index in [1.54, 1.807) is 0 Å². The van der Waals surface area contributed by atoms with Crippen molar-refractivity contribution in [3.8, 4) is 0 Å². The molecule has 128 valence electrons. The van der Waals surface area contributed by atoms with Crippen LogP contribution in [0.15, 0.2) is 29.2 Å². The Labute approximate surface area is 132 Å². The lowest BCUT2D eigenvalue weighted by Gasteiger charge is -2.39. The Morgan fingerprint density at radius 3 is 2.65 bits per heavy atom. The third-order valence-electron chi connectivity index (χ3n) is 3.82. The lowest BCUT2D eigenvalue weighted by molar-refractivity contribution is -0.145. The molecule has 0 bridgehead atoms. The van der Waals surface area contributed by atoms with Crippen molar-refractivity contribution in [1.29, 1.82) is 0 Å². The number of alkyl halides is 2. The average molecular weight is 349 g/mol. The first kappa shape index (κ1) is 17.8. The second-order valence-electron chi connectivity index (χ2n) is 5.48. The summed E-state index contributed by atoms with van der Waals surface area (Å²) in [7, 11) is -2.61. The molecular formula is C14H17F2NO5S. The van der Waals surface area contributed by atoms with Crippen LogP contribution in [0.3, 0.4) is 0 Å². The van der Waals surface area contributed by atoms with Crippen molar-refractivity contribution >= 4 is 16.0 Å². The van der Waals surface area contributed by atoms with Crippen LogP contribution in [0.5, 0.6) is 0 Å². The molecule has 1 aliphatic rings. The lowest BCUT2D eigenvalue weighted by Crippen LogP contribution is -2.47. The molecule has 1 atom stereocenters. The summed E-state index contributed by atoms with van der Waals surface area (Å²) in [6, 6.07) is 4.88. The summed E-state index contributed by atoms with van der Waals surface area (Å²) in [5.74, 6) is -4.37. The summed E-state index contributed by atoms with van der Waals surface area (Å²) in [4.78, 5) is 10.7. The van der Waals surface area contributed by atoms with Crippen LogP contribution in [0, 0.1) is 5.92 Å². The smallest absolute Gasteiger partial charge is 0.335 e. The molecule has 9 heteroatoms. The number of carboxylic acids is 1. The van der Waals surface area contributed by atoms with Crippen LogP contribution in [-0.2, 0) is 14.8 Å². The number of rotatable bonds is 7. The highest BCUT2D eigenvalue weighted by Gasteiger charge is 2.48. The molecule has 0 saturated heterocycles. The van der Waals surface area contributed by atoms with E-state index in [4.69, 9.17) is 9.84 Å². The molecule has 0 radical (unpaired) electrons. The fraction of sp³-hybridized carbons (Fsp3) is 0.500. The van der Waals surface area contributed by atoms with Gasteiger partial charge in [0, 0.05) is 26.5 Å². The monoisotopic (exact) mass is 349 g/mol. The zero-order valence-electron chi connectivity index (χ0n) is 12.3. The van der Waals surface area contributed by atoms with Crippen LogP contribution in [0.2, 0.25) is 0 Å². The van der Waals surface area contributed by atoms with Crippen LogP contribution in [0.1, 0.15) is 23.2 Å². The molecule has 1 unspecified atom stereocenters. The maximum atomic E-state index is 12.9. The second-order valence-corrected chi connectivity index (χ2v) is 7.25. The number of nitrogens with one attached hydrogen (secondary N) is 1. The molecule has 2 rings (SSSR count). The lowest BCUT2D eigenvalue weighted by atomic mass is 9.77. The Morgan fingerprint density at radius 1 is 1.48 bits per heavy atom. The Morgan fingerprint density at radius 2 is 2.13 bits per heavy atom. The van der Waals surface area contributed by atoms with Crippen molar-refractivity contribution in [3.05, 3.63) is 29.8 Å². The Balaban J connectivity index is 2.03. The summed E-state index contributed by atoms with van der Waals surface area (Å²) in [6.07, 6.45) is -1.32. The SMILES string of the molecule is COC(CNS(=O)(=O)c1cccc(C(=O)O)c1)C1CC(F)(F)C1. The predicted molar refractivity (Wildman–Crippen MR) is 77.1 cm³/mol. The Bertz CT molecular complexity index is 684. The summed E-state index contributed by atoms with van der Waals surface area (Å²) >= 11 is 0. The van der Waals surface area contributed by atoms with Crippen LogP contribution >= 0.6 is 0 Å². The third-order valence-corrected chi connectivity index (χ3v) is 5.24. The van der Waals surface area contributed by atoms with E-state index in [1.807, 2.05) is 0 Å². The molecular weight excluding hydrogens is 332 g/mol. The standard InChI is InChI=1S/C14H17F2NO5S/c1-22-12(10-6-14(15,16)7-10)8-17-23(20,21)11-4-2-3-9(5-11)13(18)19/h2-5,10,12,17H,6-8H2,1H3,(H,18,19). The largest absolute Gasteiger partial charge is 0.478 e. The van der Waals surface area contributed by atoms with Gasteiger partial charge in [-0.3, -0.25) is 0 Å². The normalized spacial score (nSPS) is 19.1. The summed E-state index contributed by atoms with van der Waals surface area (Å²) in [5, 5.41) is 8.89. The van der Waals surface area contributed by atoms with Gasteiger partial charge in [0.05, 0.1) is 16.6 Å². The fourth-order valence-electron chi connectivity index (χ4n) is 2.48. The molecule has 6 nitrogen and oxygen atoms in total. The molecule has 0 aromatic heterocycles. The van der Waals surface area contributed by atoms with Crippen LogP contribution in [0.25, 0.3) is 0 Å². The number of ether oxygens (including phenoxy) is 1. The molecule has 0 spiro atoms. The van der Waals surface area contributed by atoms with Crippen molar-refractivity contribution < 1.29 is 31.8 Å². The first-order valence-corrected chi connectivity index (χ1v) is 8.36. The van der Waals surface area contributed by atoms with Crippen LogP contribution < -0.4 is 4.72 Å². The van der Waals surface area contributed by atoms with Gasteiger partial charge < -0.3 is 9.84 Å². The summed E-state index contributed by atoms with van der Waals surface area (Å²) < 4.78 is 57.5. The first-order chi connectivity index (χ1) is 10.6. The maximum absolute atomic E-state index is 12.9. The van der Waals surface area contributed by atoms with Gasteiger partial charge in [-0.2, -0.15) is 0 Å². The minimum Gasteiger partial charge on any atom is -0.478 e. The van der Waals surface area contributed by atoms with Gasteiger partial charge in [0.1, 0.15) is 0 Å². The number of halogens is 2. The van der Waals surface area contributed by atoms with Crippen molar-refractivity contribution in [2.75, 3.05) is 13.7 Å².